The zero-order valence-electron chi connectivity index (χ0n) is 13.5. The highest BCUT2D eigenvalue weighted by Gasteiger charge is 2.43. The molecule has 27 heavy (non-hydrogen) atoms. The van der Waals surface area contributed by atoms with Crippen LogP contribution in [0.5, 0.6) is 0 Å². The lowest BCUT2D eigenvalue weighted by molar-refractivity contribution is -0.154. The van der Waals surface area contributed by atoms with E-state index in [2.05, 4.69) is 10.3 Å². The quantitative estimate of drug-likeness (QED) is 0.798. The van der Waals surface area contributed by atoms with E-state index in [0.29, 0.717) is 4.68 Å². The number of rotatable bonds is 3. The van der Waals surface area contributed by atoms with Crippen LogP contribution < -0.4 is 0 Å². The molecule has 2 aromatic rings. The number of amides is 1. The van der Waals surface area contributed by atoms with E-state index in [9.17, 15) is 27.2 Å². The van der Waals surface area contributed by atoms with Gasteiger partial charge in [0.05, 0.1) is 18.8 Å². The summed E-state index contributed by atoms with van der Waals surface area (Å²) in [4.78, 5) is 24.4. The van der Waals surface area contributed by atoms with Crippen molar-refractivity contribution in [3.63, 3.8) is 0 Å². The maximum absolute atomic E-state index is 13.6. The van der Waals surface area contributed by atoms with Crippen LogP contribution >= 0.6 is 0 Å². The first kappa shape index (κ1) is 18.8. The fourth-order valence-electron chi connectivity index (χ4n) is 2.60. The molecule has 0 spiro atoms. The molecule has 0 radical (unpaired) electrons. The Kier molecular flexibility index (Phi) is 4.83. The number of aromatic nitrogens is 3. The third-order valence-corrected chi connectivity index (χ3v) is 3.82. The van der Waals surface area contributed by atoms with E-state index in [1.807, 2.05) is 0 Å². The zero-order valence-corrected chi connectivity index (χ0v) is 13.5. The molecule has 12 heteroatoms. The maximum atomic E-state index is 13.6. The van der Waals surface area contributed by atoms with Crippen molar-refractivity contribution in [3.8, 4) is 5.69 Å². The normalized spacial score (nSPS) is 17.8. The highest BCUT2D eigenvalue weighted by atomic mass is 19.4. The Morgan fingerprint density at radius 3 is 2.67 bits per heavy atom. The van der Waals surface area contributed by atoms with Crippen molar-refractivity contribution in [1.82, 2.24) is 19.9 Å². The Balaban J connectivity index is 2.01. The average Bonchev–Trinajstić information content (AvgIpc) is 3.06. The Labute approximate surface area is 148 Å². The number of hydrogen-bond acceptors (Lipinski definition) is 5. The molecular weight excluding hydrogens is 376 g/mol. The summed E-state index contributed by atoms with van der Waals surface area (Å²) in [6.07, 6.45) is -6.37. The van der Waals surface area contributed by atoms with E-state index in [4.69, 9.17) is 9.84 Å². The first-order valence-corrected chi connectivity index (χ1v) is 7.61. The van der Waals surface area contributed by atoms with Crippen LogP contribution in [0.3, 0.4) is 0 Å². The van der Waals surface area contributed by atoms with Gasteiger partial charge in [-0.15, -0.1) is 5.10 Å². The fraction of sp³-hybridized carbons (Fsp3) is 0.333. The number of nitrogens with zero attached hydrogens (tertiary/aromatic N) is 4. The molecule has 144 valence electrons. The predicted octanol–water partition coefficient (Wildman–Crippen LogP) is 1.35. The molecule has 1 N–H and O–H groups in total. The number of carbonyl (C=O) groups excluding carboxylic acids is 1. The van der Waals surface area contributed by atoms with Gasteiger partial charge in [-0.25, -0.2) is 13.9 Å². The lowest BCUT2D eigenvalue weighted by Crippen LogP contribution is -2.49. The number of alkyl halides is 3. The van der Waals surface area contributed by atoms with Gasteiger partial charge in [-0.2, -0.15) is 13.2 Å². The van der Waals surface area contributed by atoms with Gasteiger partial charge in [0, 0.05) is 6.54 Å². The number of morpholine rings is 1. The number of aliphatic carboxylic acids is 1. The molecule has 1 aliphatic heterocycles. The van der Waals surface area contributed by atoms with E-state index in [1.54, 1.807) is 0 Å². The predicted molar refractivity (Wildman–Crippen MR) is 79.6 cm³/mol. The number of carboxylic acids is 1. The second kappa shape index (κ2) is 6.95. The molecule has 2 heterocycles. The van der Waals surface area contributed by atoms with Crippen molar-refractivity contribution in [1.29, 1.82) is 0 Å². The van der Waals surface area contributed by atoms with Crippen LogP contribution in [0.1, 0.15) is 16.2 Å². The summed E-state index contributed by atoms with van der Waals surface area (Å²) >= 11 is 0. The lowest BCUT2D eigenvalue weighted by atomic mass is 10.2. The fourth-order valence-corrected chi connectivity index (χ4v) is 2.60. The van der Waals surface area contributed by atoms with Gasteiger partial charge in [-0.1, -0.05) is 11.3 Å². The van der Waals surface area contributed by atoms with Gasteiger partial charge in [0.1, 0.15) is 5.82 Å². The van der Waals surface area contributed by atoms with Crippen molar-refractivity contribution in [2.24, 2.45) is 0 Å². The van der Waals surface area contributed by atoms with Gasteiger partial charge in [-0.3, -0.25) is 4.79 Å². The van der Waals surface area contributed by atoms with Gasteiger partial charge in [0.2, 0.25) is 0 Å². The van der Waals surface area contributed by atoms with E-state index >= 15 is 0 Å². The van der Waals surface area contributed by atoms with Crippen LogP contribution in [0.15, 0.2) is 24.3 Å². The summed E-state index contributed by atoms with van der Waals surface area (Å²) < 4.78 is 59.4. The van der Waals surface area contributed by atoms with Crippen molar-refractivity contribution in [2.45, 2.75) is 12.3 Å². The molecule has 1 aromatic heterocycles. The van der Waals surface area contributed by atoms with Gasteiger partial charge >= 0.3 is 12.1 Å². The highest BCUT2D eigenvalue weighted by molar-refractivity contribution is 5.94. The molecule has 1 amide bonds. The van der Waals surface area contributed by atoms with Crippen LogP contribution in [-0.4, -0.2) is 62.7 Å². The third kappa shape index (κ3) is 3.74. The van der Waals surface area contributed by atoms with E-state index in [0.717, 1.165) is 17.0 Å². The summed E-state index contributed by atoms with van der Waals surface area (Å²) in [6, 6.07) is 4.22. The van der Waals surface area contributed by atoms with Crippen molar-refractivity contribution >= 4 is 11.9 Å². The summed E-state index contributed by atoms with van der Waals surface area (Å²) in [5.74, 6) is -3.27. The van der Waals surface area contributed by atoms with Gasteiger partial charge < -0.3 is 14.7 Å². The van der Waals surface area contributed by atoms with Crippen LogP contribution in [0.25, 0.3) is 5.69 Å². The van der Waals surface area contributed by atoms with Crippen LogP contribution in [-0.2, 0) is 15.7 Å². The number of ether oxygens (including phenoxy) is 1. The van der Waals surface area contributed by atoms with Crippen LogP contribution in [0, 0.1) is 5.82 Å². The van der Waals surface area contributed by atoms with E-state index in [1.165, 1.54) is 12.1 Å². The SMILES string of the molecule is O=C(O)C1CN(C(=O)c2nnn(-c3cccc(F)c3)c2C(F)(F)F)CCO1. The van der Waals surface area contributed by atoms with Gasteiger partial charge in [0.25, 0.3) is 5.91 Å². The van der Waals surface area contributed by atoms with E-state index < -0.39 is 47.9 Å². The topological polar surface area (TPSA) is 97.5 Å². The van der Waals surface area contributed by atoms with E-state index in [-0.39, 0.29) is 18.8 Å². The molecular formula is C15H12F4N4O4. The minimum Gasteiger partial charge on any atom is -0.479 e. The number of carbonyl (C=O) groups is 2. The smallest absolute Gasteiger partial charge is 0.435 e. The Morgan fingerprint density at radius 1 is 1.30 bits per heavy atom. The summed E-state index contributed by atoms with van der Waals surface area (Å²) in [5.41, 5.74) is -2.74. The first-order valence-electron chi connectivity index (χ1n) is 7.61. The third-order valence-electron chi connectivity index (χ3n) is 3.82. The zero-order chi connectivity index (χ0) is 19.8. The molecule has 8 nitrogen and oxygen atoms in total. The Bertz CT molecular complexity index is 883. The Hall–Kier alpha value is -3.02. The van der Waals surface area contributed by atoms with Gasteiger partial charge in [0.15, 0.2) is 17.5 Å². The van der Waals surface area contributed by atoms with Crippen LogP contribution in [0.4, 0.5) is 17.6 Å². The number of carboxylic acid groups (broad SMARTS) is 1. The summed E-state index contributed by atoms with van der Waals surface area (Å²) in [7, 11) is 0. The second-order valence-electron chi connectivity index (χ2n) is 5.62. The van der Waals surface area contributed by atoms with Crippen LogP contribution in [0.2, 0.25) is 0 Å². The molecule has 1 saturated heterocycles. The molecule has 1 unspecified atom stereocenters. The molecule has 0 aliphatic carbocycles. The average molecular weight is 388 g/mol. The minimum atomic E-state index is -5.01. The number of hydrogen-bond donors (Lipinski definition) is 1. The molecule has 1 atom stereocenters. The Morgan fingerprint density at radius 2 is 2.04 bits per heavy atom. The standard InChI is InChI=1S/C15H12F4N4O4/c16-8-2-1-3-9(6-8)23-12(15(17,18)19)11(20-21-23)13(24)22-4-5-27-10(7-22)14(25)26/h1-3,6,10H,4-5,7H2,(H,25,26). The summed E-state index contributed by atoms with van der Waals surface area (Å²) in [6.45, 7) is -0.687. The minimum absolute atomic E-state index is 0.104. The molecule has 0 bridgehead atoms. The van der Waals surface area contributed by atoms with Gasteiger partial charge in [-0.05, 0) is 18.2 Å². The molecule has 3 rings (SSSR count). The molecule has 0 saturated carbocycles. The highest BCUT2D eigenvalue weighted by Crippen LogP contribution is 2.33. The second-order valence-corrected chi connectivity index (χ2v) is 5.62. The van der Waals surface area contributed by atoms with Crippen molar-refractivity contribution in [3.05, 3.63) is 41.5 Å². The largest absolute Gasteiger partial charge is 0.479 e. The monoisotopic (exact) mass is 388 g/mol. The molecule has 1 fully saturated rings. The molecule has 1 aromatic carbocycles. The maximum Gasteiger partial charge on any atom is 0.435 e. The van der Waals surface area contributed by atoms with Crippen molar-refractivity contribution < 1.29 is 37.0 Å². The summed E-state index contributed by atoms with van der Waals surface area (Å²) in [5, 5.41) is 15.6. The molecule has 1 aliphatic rings. The number of benzene rings is 1. The lowest BCUT2D eigenvalue weighted by Gasteiger charge is -2.30. The first-order chi connectivity index (χ1) is 12.7. The van der Waals surface area contributed by atoms with Crippen molar-refractivity contribution in [2.75, 3.05) is 19.7 Å². The number of halogens is 4.